The number of pyridine rings is 1. The largest absolute Gasteiger partial charge is 0.489 e. The van der Waals surface area contributed by atoms with Gasteiger partial charge in [0.05, 0.1) is 16.7 Å². The maximum atomic E-state index is 12.9. The minimum atomic E-state index is -0.0419. The fourth-order valence-corrected chi connectivity index (χ4v) is 3.88. The molecule has 0 N–H and O–H groups in total. The maximum Gasteiger partial charge on any atom is 0.254 e. The van der Waals surface area contributed by atoms with Crippen molar-refractivity contribution in [3.63, 3.8) is 0 Å². The molecule has 0 spiro atoms. The number of nitrogens with zero attached hydrogens (tertiary/aromatic N) is 3. The van der Waals surface area contributed by atoms with Crippen LogP contribution in [0, 0.1) is 13.8 Å². The standard InChI is InChI=1S/C21H23N3O2S/c1-14-20(27-16(3)23-14)15(2)24(4)21(25)18-8-5-9-19(11-18)26-13-17-7-6-10-22-12-17/h5-12,15H,13H2,1-4H3. The molecule has 0 fully saturated rings. The second-order valence-corrected chi connectivity index (χ2v) is 7.69. The summed E-state index contributed by atoms with van der Waals surface area (Å²) in [7, 11) is 1.82. The SMILES string of the molecule is Cc1nc(C)c(C(C)N(C)C(=O)c2cccc(OCc3cccnc3)c2)s1. The van der Waals surface area contributed by atoms with Crippen LogP contribution in [0.5, 0.6) is 5.75 Å². The predicted octanol–water partition coefficient (Wildman–Crippen LogP) is 4.57. The van der Waals surface area contributed by atoms with E-state index in [0.29, 0.717) is 17.9 Å². The van der Waals surface area contributed by atoms with Crippen LogP contribution in [0.15, 0.2) is 48.8 Å². The molecule has 0 radical (unpaired) electrons. The van der Waals surface area contributed by atoms with Crippen molar-refractivity contribution in [3.8, 4) is 5.75 Å². The molecule has 1 aromatic carbocycles. The van der Waals surface area contributed by atoms with Crippen molar-refractivity contribution in [2.24, 2.45) is 0 Å². The Hall–Kier alpha value is -2.73. The van der Waals surface area contributed by atoms with Crippen LogP contribution in [0.3, 0.4) is 0 Å². The lowest BCUT2D eigenvalue weighted by atomic mass is 10.1. The number of carbonyl (C=O) groups excluding carboxylic acids is 1. The highest BCUT2D eigenvalue weighted by Crippen LogP contribution is 2.29. The van der Waals surface area contributed by atoms with Gasteiger partial charge in [0.1, 0.15) is 12.4 Å². The van der Waals surface area contributed by atoms with Crippen molar-refractivity contribution in [2.75, 3.05) is 7.05 Å². The molecule has 3 aromatic rings. The van der Waals surface area contributed by atoms with Gasteiger partial charge in [-0.2, -0.15) is 0 Å². The molecular weight excluding hydrogens is 358 g/mol. The van der Waals surface area contributed by atoms with E-state index in [-0.39, 0.29) is 11.9 Å². The van der Waals surface area contributed by atoms with Crippen molar-refractivity contribution in [3.05, 3.63) is 75.5 Å². The number of hydrogen-bond acceptors (Lipinski definition) is 5. The van der Waals surface area contributed by atoms with Gasteiger partial charge in [0, 0.05) is 35.4 Å². The van der Waals surface area contributed by atoms with Gasteiger partial charge in [0.15, 0.2) is 0 Å². The molecule has 140 valence electrons. The van der Waals surface area contributed by atoms with Crippen LogP contribution in [0.1, 0.15) is 44.5 Å². The lowest BCUT2D eigenvalue weighted by Gasteiger charge is -2.24. The third-order valence-electron chi connectivity index (χ3n) is 4.43. The molecule has 1 atom stereocenters. The van der Waals surface area contributed by atoms with Gasteiger partial charge >= 0.3 is 0 Å². The van der Waals surface area contributed by atoms with E-state index in [1.54, 1.807) is 34.7 Å². The normalized spacial score (nSPS) is 11.9. The number of rotatable bonds is 6. The summed E-state index contributed by atoms with van der Waals surface area (Å²) < 4.78 is 5.81. The van der Waals surface area contributed by atoms with Gasteiger partial charge in [-0.15, -0.1) is 11.3 Å². The molecule has 0 bridgehead atoms. The number of aromatic nitrogens is 2. The summed E-state index contributed by atoms with van der Waals surface area (Å²) in [6, 6.07) is 11.1. The van der Waals surface area contributed by atoms with Crippen LogP contribution in [-0.2, 0) is 6.61 Å². The zero-order valence-electron chi connectivity index (χ0n) is 16.0. The smallest absolute Gasteiger partial charge is 0.254 e. The van der Waals surface area contributed by atoms with Crippen molar-refractivity contribution in [1.82, 2.24) is 14.9 Å². The Labute approximate surface area is 163 Å². The zero-order chi connectivity index (χ0) is 19.4. The van der Waals surface area contributed by atoms with Crippen molar-refractivity contribution < 1.29 is 9.53 Å². The summed E-state index contributed by atoms with van der Waals surface area (Å²) >= 11 is 1.64. The number of ether oxygens (including phenoxy) is 1. The van der Waals surface area contributed by atoms with Crippen molar-refractivity contribution in [1.29, 1.82) is 0 Å². The number of aryl methyl sites for hydroxylation is 2. The van der Waals surface area contributed by atoms with Gasteiger partial charge in [0.2, 0.25) is 0 Å². The molecule has 1 amide bonds. The molecule has 0 saturated carbocycles. The van der Waals surface area contributed by atoms with Gasteiger partial charge in [-0.05, 0) is 45.0 Å². The average Bonchev–Trinajstić information content (AvgIpc) is 3.03. The molecule has 1 unspecified atom stereocenters. The summed E-state index contributed by atoms with van der Waals surface area (Å²) in [6.07, 6.45) is 3.50. The topological polar surface area (TPSA) is 55.3 Å². The Morgan fingerprint density at radius 2 is 2.07 bits per heavy atom. The molecule has 5 nitrogen and oxygen atoms in total. The second kappa shape index (κ2) is 8.31. The van der Waals surface area contributed by atoms with E-state index in [1.807, 2.05) is 58.2 Å². The first-order chi connectivity index (χ1) is 13.0. The molecule has 0 aliphatic heterocycles. The molecule has 0 aliphatic rings. The van der Waals surface area contributed by atoms with E-state index >= 15 is 0 Å². The van der Waals surface area contributed by atoms with Gasteiger partial charge in [-0.1, -0.05) is 12.1 Å². The molecule has 6 heteroatoms. The monoisotopic (exact) mass is 381 g/mol. The Balaban J connectivity index is 1.71. The first-order valence-corrected chi connectivity index (χ1v) is 9.60. The molecule has 27 heavy (non-hydrogen) atoms. The highest BCUT2D eigenvalue weighted by Gasteiger charge is 2.22. The van der Waals surface area contributed by atoms with Crippen LogP contribution in [0.2, 0.25) is 0 Å². The number of thiazole rings is 1. The maximum absolute atomic E-state index is 12.9. The number of amides is 1. The molecule has 3 rings (SSSR count). The second-order valence-electron chi connectivity index (χ2n) is 6.45. The first kappa shape index (κ1) is 19.0. The lowest BCUT2D eigenvalue weighted by molar-refractivity contribution is 0.0744. The van der Waals surface area contributed by atoms with Crippen LogP contribution in [-0.4, -0.2) is 27.8 Å². The fourth-order valence-electron chi connectivity index (χ4n) is 2.86. The quantitative estimate of drug-likeness (QED) is 0.628. The number of benzene rings is 1. The molecule has 2 heterocycles. The lowest BCUT2D eigenvalue weighted by Crippen LogP contribution is -2.29. The highest BCUT2D eigenvalue weighted by atomic mass is 32.1. The van der Waals surface area contributed by atoms with Crippen molar-refractivity contribution in [2.45, 2.75) is 33.4 Å². The minimum absolute atomic E-state index is 0.0383. The van der Waals surface area contributed by atoms with Crippen molar-refractivity contribution >= 4 is 17.2 Å². The number of carbonyl (C=O) groups is 1. The third-order valence-corrected chi connectivity index (χ3v) is 5.67. The van der Waals surface area contributed by atoms with Gasteiger partial charge in [-0.25, -0.2) is 4.98 Å². The first-order valence-electron chi connectivity index (χ1n) is 8.78. The summed E-state index contributed by atoms with van der Waals surface area (Å²) in [5, 5.41) is 1.01. The van der Waals surface area contributed by atoms with Gasteiger partial charge in [-0.3, -0.25) is 9.78 Å². The van der Waals surface area contributed by atoms with E-state index < -0.39 is 0 Å². The Bertz CT molecular complexity index is 924. The molecule has 2 aromatic heterocycles. The van der Waals surface area contributed by atoms with Crippen LogP contribution >= 0.6 is 11.3 Å². The average molecular weight is 382 g/mol. The Morgan fingerprint density at radius 3 is 2.74 bits per heavy atom. The van der Waals surface area contributed by atoms with E-state index in [1.165, 1.54) is 0 Å². The summed E-state index contributed by atoms with van der Waals surface area (Å²) in [4.78, 5) is 24.4. The van der Waals surface area contributed by atoms with Crippen LogP contribution in [0.25, 0.3) is 0 Å². The fraction of sp³-hybridized carbons (Fsp3) is 0.286. The molecule has 0 aliphatic carbocycles. The van der Waals surface area contributed by atoms with E-state index in [0.717, 1.165) is 21.1 Å². The van der Waals surface area contributed by atoms with Crippen LogP contribution < -0.4 is 4.74 Å². The van der Waals surface area contributed by atoms with E-state index in [2.05, 4.69) is 9.97 Å². The summed E-state index contributed by atoms with van der Waals surface area (Å²) in [5.41, 5.74) is 2.57. The Kier molecular flexibility index (Phi) is 5.86. The van der Waals surface area contributed by atoms with Crippen LogP contribution in [0.4, 0.5) is 0 Å². The predicted molar refractivity (Wildman–Crippen MR) is 107 cm³/mol. The van der Waals surface area contributed by atoms with Gasteiger partial charge < -0.3 is 9.64 Å². The highest BCUT2D eigenvalue weighted by molar-refractivity contribution is 7.11. The summed E-state index contributed by atoms with van der Waals surface area (Å²) in [5.74, 6) is 0.621. The Morgan fingerprint density at radius 1 is 1.26 bits per heavy atom. The minimum Gasteiger partial charge on any atom is -0.489 e. The molecule has 0 saturated heterocycles. The van der Waals surface area contributed by atoms with E-state index in [4.69, 9.17) is 4.74 Å². The number of hydrogen-bond donors (Lipinski definition) is 0. The zero-order valence-corrected chi connectivity index (χ0v) is 16.8. The van der Waals surface area contributed by atoms with E-state index in [9.17, 15) is 4.79 Å². The van der Waals surface area contributed by atoms with Gasteiger partial charge in [0.25, 0.3) is 5.91 Å². The molecular formula is C21H23N3O2S. The third kappa shape index (κ3) is 4.52. The summed E-state index contributed by atoms with van der Waals surface area (Å²) in [6.45, 7) is 6.41.